The Kier molecular flexibility index (Phi) is 5.68. The fraction of sp³-hybridized carbons (Fsp3) is 0.800. The van der Waals surface area contributed by atoms with Crippen molar-refractivity contribution < 1.29 is 9.59 Å². The fourth-order valence-corrected chi connectivity index (χ4v) is 1.86. The number of hydrogen-bond acceptors (Lipinski definition) is 2. The van der Waals surface area contributed by atoms with Crippen LogP contribution in [0.2, 0.25) is 0 Å². The first kappa shape index (κ1) is 12.5. The Morgan fingerprint density at radius 2 is 1.87 bits per heavy atom. The van der Waals surface area contributed by atoms with Crippen molar-refractivity contribution in [3.63, 3.8) is 0 Å². The number of likely N-dealkylation sites (tertiary alicyclic amines) is 1. The summed E-state index contributed by atoms with van der Waals surface area (Å²) in [5.41, 5.74) is 0. The highest BCUT2D eigenvalue weighted by Crippen LogP contribution is 2.09. The van der Waals surface area contributed by atoms with E-state index in [0.717, 1.165) is 25.9 Å². The molecule has 0 saturated carbocycles. The fourth-order valence-electron chi connectivity index (χ4n) is 1.66. The van der Waals surface area contributed by atoms with Crippen molar-refractivity contribution in [3.05, 3.63) is 0 Å². The summed E-state index contributed by atoms with van der Waals surface area (Å²) in [5, 5.41) is 2.97. The first-order chi connectivity index (χ1) is 7.24. The first-order valence-electron chi connectivity index (χ1n) is 5.34. The van der Waals surface area contributed by atoms with Crippen LogP contribution in [0.4, 0.5) is 0 Å². The number of alkyl halides is 1. The minimum Gasteiger partial charge on any atom is -0.355 e. The van der Waals surface area contributed by atoms with Gasteiger partial charge in [0.1, 0.15) is 0 Å². The molecule has 1 fully saturated rings. The maximum atomic E-state index is 11.6. The molecule has 4 nitrogen and oxygen atoms in total. The molecule has 0 aromatic carbocycles. The van der Waals surface area contributed by atoms with E-state index in [9.17, 15) is 9.59 Å². The molecule has 0 unspecified atom stereocenters. The van der Waals surface area contributed by atoms with Gasteiger partial charge >= 0.3 is 0 Å². The van der Waals surface area contributed by atoms with E-state index in [0.29, 0.717) is 18.3 Å². The highest BCUT2D eigenvalue weighted by molar-refractivity contribution is 9.09. The number of rotatable bonds is 4. The number of hydrogen-bond donors (Lipinski definition) is 1. The predicted molar refractivity (Wildman–Crippen MR) is 61.9 cm³/mol. The molecule has 1 aliphatic rings. The number of piperidine rings is 1. The Balaban J connectivity index is 2.14. The second-order valence-corrected chi connectivity index (χ2v) is 4.24. The quantitative estimate of drug-likeness (QED) is 0.776. The first-order valence-corrected chi connectivity index (χ1v) is 6.46. The van der Waals surface area contributed by atoms with Crippen LogP contribution in [0.25, 0.3) is 0 Å². The molecule has 1 saturated heterocycles. The Hall–Kier alpha value is -0.580. The molecule has 2 amide bonds. The maximum Gasteiger partial charge on any atom is 0.230 e. The van der Waals surface area contributed by atoms with Gasteiger partial charge in [-0.2, -0.15) is 0 Å². The van der Waals surface area contributed by atoms with Gasteiger partial charge in [0, 0.05) is 26.1 Å². The molecule has 86 valence electrons. The highest BCUT2D eigenvalue weighted by atomic mass is 79.9. The van der Waals surface area contributed by atoms with E-state index in [2.05, 4.69) is 21.2 Å². The van der Waals surface area contributed by atoms with Gasteiger partial charge in [-0.1, -0.05) is 15.9 Å². The summed E-state index contributed by atoms with van der Waals surface area (Å²) in [6.45, 7) is 2.20. The third-order valence-electron chi connectivity index (χ3n) is 2.49. The number of carbonyl (C=O) groups is 2. The van der Waals surface area contributed by atoms with Crippen LogP contribution in [0.5, 0.6) is 0 Å². The monoisotopic (exact) mass is 276 g/mol. The standard InChI is InChI=1S/C10H17BrN2O2/c11-8-9(14)12-5-4-10(15)13-6-2-1-3-7-13/h1-8H2,(H,12,14). The lowest BCUT2D eigenvalue weighted by Gasteiger charge is -2.26. The van der Waals surface area contributed by atoms with Crippen LogP contribution in [0.15, 0.2) is 0 Å². The van der Waals surface area contributed by atoms with Crippen molar-refractivity contribution in [2.75, 3.05) is 25.0 Å². The van der Waals surface area contributed by atoms with Crippen molar-refractivity contribution in [2.45, 2.75) is 25.7 Å². The summed E-state index contributed by atoms with van der Waals surface area (Å²) in [6, 6.07) is 0. The van der Waals surface area contributed by atoms with Crippen LogP contribution in [0.3, 0.4) is 0 Å². The third-order valence-corrected chi connectivity index (χ3v) is 3.00. The summed E-state index contributed by atoms with van der Waals surface area (Å²) in [7, 11) is 0. The summed E-state index contributed by atoms with van der Waals surface area (Å²) in [4.78, 5) is 24.4. The lowest BCUT2D eigenvalue weighted by atomic mass is 10.1. The van der Waals surface area contributed by atoms with Gasteiger partial charge in [0.15, 0.2) is 0 Å². The predicted octanol–water partition coefficient (Wildman–Crippen LogP) is 0.900. The molecule has 1 aliphatic heterocycles. The molecule has 0 aromatic heterocycles. The minimum atomic E-state index is -0.0681. The molecule has 0 spiro atoms. The summed E-state index contributed by atoms with van der Waals surface area (Å²) in [5.74, 6) is 0.0889. The van der Waals surface area contributed by atoms with Crippen molar-refractivity contribution >= 4 is 27.7 Å². The number of amides is 2. The van der Waals surface area contributed by atoms with E-state index >= 15 is 0 Å². The number of nitrogens with one attached hydrogen (secondary N) is 1. The van der Waals surface area contributed by atoms with Gasteiger partial charge in [0.2, 0.25) is 11.8 Å². The van der Waals surface area contributed by atoms with Gasteiger partial charge < -0.3 is 10.2 Å². The number of carbonyl (C=O) groups excluding carboxylic acids is 2. The zero-order valence-electron chi connectivity index (χ0n) is 8.80. The van der Waals surface area contributed by atoms with Crippen LogP contribution in [-0.2, 0) is 9.59 Å². The summed E-state index contributed by atoms with van der Waals surface area (Å²) >= 11 is 3.05. The van der Waals surface area contributed by atoms with Crippen molar-refractivity contribution in [2.24, 2.45) is 0 Å². The van der Waals surface area contributed by atoms with Crippen LogP contribution in [0.1, 0.15) is 25.7 Å². The molecule has 5 heteroatoms. The van der Waals surface area contributed by atoms with E-state index < -0.39 is 0 Å². The number of nitrogens with zero attached hydrogens (tertiary/aromatic N) is 1. The molecular formula is C10H17BrN2O2. The van der Waals surface area contributed by atoms with Gasteiger partial charge in [-0.05, 0) is 19.3 Å². The maximum absolute atomic E-state index is 11.6. The molecule has 0 atom stereocenters. The summed E-state index contributed by atoms with van der Waals surface area (Å²) in [6.07, 6.45) is 3.86. The average molecular weight is 277 g/mol. The number of halogens is 1. The zero-order valence-corrected chi connectivity index (χ0v) is 10.4. The minimum absolute atomic E-state index is 0.0681. The SMILES string of the molecule is O=C(CBr)NCCC(=O)N1CCCCC1. The second kappa shape index (κ2) is 6.82. The zero-order chi connectivity index (χ0) is 11.1. The summed E-state index contributed by atoms with van der Waals surface area (Å²) < 4.78 is 0. The topological polar surface area (TPSA) is 49.4 Å². The molecule has 0 radical (unpaired) electrons. The molecular weight excluding hydrogens is 260 g/mol. The van der Waals surface area contributed by atoms with Gasteiger partial charge in [-0.3, -0.25) is 9.59 Å². The van der Waals surface area contributed by atoms with Crippen LogP contribution in [-0.4, -0.2) is 41.7 Å². The lowest BCUT2D eigenvalue weighted by Crippen LogP contribution is -2.37. The van der Waals surface area contributed by atoms with E-state index in [-0.39, 0.29) is 11.8 Å². The van der Waals surface area contributed by atoms with Gasteiger partial charge in [0.25, 0.3) is 0 Å². The van der Waals surface area contributed by atoms with Crippen molar-refractivity contribution in [3.8, 4) is 0 Å². The van der Waals surface area contributed by atoms with Gasteiger partial charge in [-0.25, -0.2) is 0 Å². The molecule has 0 aromatic rings. The molecule has 1 N–H and O–H groups in total. The molecule has 1 heterocycles. The van der Waals surface area contributed by atoms with E-state index in [1.54, 1.807) is 0 Å². The third kappa shape index (κ3) is 4.64. The Morgan fingerprint density at radius 3 is 2.47 bits per heavy atom. The van der Waals surface area contributed by atoms with E-state index in [4.69, 9.17) is 0 Å². The molecule has 1 rings (SSSR count). The highest BCUT2D eigenvalue weighted by Gasteiger charge is 2.15. The molecule has 15 heavy (non-hydrogen) atoms. The second-order valence-electron chi connectivity index (χ2n) is 3.68. The largest absolute Gasteiger partial charge is 0.355 e. The van der Waals surface area contributed by atoms with E-state index in [1.165, 1.54) is 6.42 Å². The molecule has 0 bridgehead atoms. The normalized spacial score (nSPS) is 16.2. The van der Waals surface area contributed by atoms with Crippen LogP contribution >= 0.6 is 15.9 Å². The average Bonchev–Trinajstić information content (AvgIpc) is 2.29. The Labute approximate surface area is 98.5 Å². The van der Waals surface area contributed by atoms with Crippen molar-refractivity contribution in [1.29, 1.82) is 0 Å². The van der Waals surface area contributed by atoms with Gasteiger partial charge in [0.05, 0.1) is 5.33 Å². The van der Waals surface area contributed by atoms with Gasteiger partial charge in [-0.15, -0.1) is 0 Å². The van der Waals surface area contributed by atoms with Crippen LogP contribution < -0.4 is 5.32 Å². The Bertz CT molecular complexity index is 227. The van der Waals surface area contributed by atoms with E-state index in [1.807, 2.05) is 4.90 Å². The molecule has 0 aliphatic carbocycles. The van der Waals surface area contributed by atoms with Crippen molar-refractivity contribution in [1.82, 2.24) is 10.2 Å². The smallest absolute Gasteiger partial charge is 0.230 e. The Morgan fingerprint density at radius 1 is 1.20 bits per heavy atom. The van der Waals surface area contributed by atoms with Crippen LogP contribution in [0, 0.1) is 0 Å². The lowest BCUT2D eigenvalue weighted by molar-refractivity contribution is -0.132.